The number of anilines is 3. The average Bonchev–Trinajstić information content (AvgIpc) is 2.60. The largest absolute Gasteiger partial charge is 0.340 e. The molecule has 0 radical (unpaired) electrons. The Morgan fingerprint density at radius 2 is 1.58 bits per heavy atom. The second kappa shape index (κ2) is 7.09. The fourth-order valence-corrected chi connectivity index (χ4v) is 3.22. The number of nitrogens with one attached hydrogen (secondary N) is 2. The van der Waals surface area contributed by atoms with Crippen molar-refractivity contribution in [1.29, 1.82) is 0 Å². The number of benzene rings is 2. The minimum atomic E-state index is -3.71. The first-order valence-corrected chi connectivity index (χ1v) is 9.09. The summed E-state index contributed by atoms with van der Waals surface area (Å²) in [6, 6.07) is 12.9. The lowest BCUT2D eigenvalue weighted by Gasteiger charge is -2.10. The van der Waals surface area contributed by atoms with Gasteiger partial charge < -0.3 is 5.32 Å². The van der Waals surface area contributed by atoms with Crippen LogP contribution in [0.4, 0.5) is 26.0 Å². The van der Waals surface area contributed by atoms with Gasteiger partial charge in [0.2, 0.25) is 0 Å². The molecule has 0 aliphatic rings. The van der Waals surface area contributed by atoms with Crippen molar-refractivity contribution in [2.75, 3.05) is 10.0 Å². The van der Waals surface area contributed by atoms with Crippen molar-refractivity contribution in [3.05, 3.63) is 78.0 Å². The van der Waals surface area contributed by atoms with Gasteiger partial charge in [-0.05, 0) is 43.3 Å². The fourth-order valence-electron chi connectivity index (χ4n) is 2.18. The Morgan fingerprint density at radius 3 is 2.19 bits per heavy atom. The Kier molecular flexibility index (Phi) is 4.85. The van der Waals surface area contributed by atoms with Gasteiger partial charge in [-0.2, -0.15) is 0 Å². The van der Waals surface area contributed by atoms with Crippen LogP contribution in [0.2, 0.25) is 0 Å². The Bertz CT molecular complexity index is 1020. The third-order valence-corrected chi connectivity index (χ3v) is 4.94. The third kappa shape index (κ3) is 4.15. The molecule has 5 nitrogen and oxygen atoms in total. The number of aryl methyl sites for hydroxylation is 1. The van der Waals surface area contributed by atoms with Crippen LogP contribution in [0.25, 0.3) is 0 Å². The van der Waals surface area contributed by atoms with Crippen LogP contribution < -0.4 is 10.0 Å². The molecule has 2 aromatic carbocycles. The summed E-state index contributed by atoms with van der Waals surface area (Å²) in [6.45, 7) is 1.87. The van der Waals surface area contributed by atoms with Gasteiger partial charge in [-0.25, -0.2) is 22.2 Å². The van der Waals surface area contributed by atoms with E-state index in [2.05, 4.69) is 15.0 Å². The summed E-state index contributed by atoms with van der Waals surface area (Å²) in [6.07, 6.45) is 1.33. The molecule has 0 saturated carbocycles. The van der Waals surface area contributed by atoms with Crippen molar-refractivity contribution in [3.63, 3.8) is 0 Å². The Balaban J connectivity index is 1.73. The van der Waals surface area contributed by atoms with Crippen molar-refractivity contribution in [3.8, 4) is 0 Å². The van der Waals surface area contributed by atoms with E-state index in [9.17, 15) is 17.2 Å². The van der Waals surface area contributed by atoms with E-state index in [0.29, 0.717) is 11.5 Å². The molecule has 1 heterocycles. The lowest BCUT2D eigenvalue weighted by atomic mass is 10.2. The summed E-state index contributed by atoms with van der Waals surface area (Å²) in [7, 11) is -3.71. The Hall–Kier alpha value is -3.00. The summed E-state index contributed by atoms with van der Waals surface area (Å²) < 4.78 is 53.2. The van der Waals surface area contributed by atoms with Crippen LogP contribution in [0.5, 0.6) is 0 Å². The maximum Gasteiger partial charge on any atom is 0.261 e. The van der Waals surface area contributed by atoms with Crippen LogP contribution in [0.15, 0.2) is 65.7 Å². The van der Waals surface area contributed by atoms with Gasteiger partial charge in [0.05, 0.1) is 16.8 Å². The van der Waals surface area contributed by atoms with Gasteiger partial charge >= 0.3 is 0 Å². The lowest BCUT2D eigenvalue weighted by molar-refractivity contribution is 0.509. The number of hydrogen-bond donors (Lipinski definition) is 2. The first-order valence-electron chi connectivity index (χ1n) is 7.61. The number of hydrogen-bond acceptors (Lipinski definition) is 4. The van der Waals surface area contributed by atoms with Gasteiger partial charge in [-0.15, -0.1) is 0 Å². The second-order valence-electron chi connectivity index (χ2n) is 5.60. The zero-order valence-electron chi connectivity index (χ0n) is 13.7. The van der Waals surface area contributed by atoms with Gasteiger partial charge in [-0.3, -0.25) is 4.72 Å². The predicted octanol–water partition coefficient (Wildman–Crippen LogP) is 4.21. The molecule has 134 valence electrons. The highest BCUT2D eigenvalue weighted by molar-refractivity contribution is 7.92. The van der Waals surface area contributed by atoms with Gasteiger partial charge in [0.25, 0.3) is 10.0 Å². The van der Waals surface area contributed by atoms with E-state index in [4.69, 9.17) is 0 Å². The van der Waals surface area contributed by atoms with Crippen LogP contribution in [-0.4, -0.2) is 13.4 Å². The fraction of sp³-hybridized carbons (Fsp3) is 0.0556. The highest BCUT2D eigenvalue weighted by Gasteiger charge is 2.14. The maximum absolute atomic E-state index is 13.2. The maximum atomic E-state index is 13.2. The third-order valence-electron chi connectivity index (χ3n) is 3.54. The van der Waals surface area contributed by atoms with Crippen molar-refractivity contribution >= 4 is 27.2 Å². The molecule has 0 aliphatic carbocycles. The van der Waals surface area contributed by atoms with E-state index >= 15 is 0 Å². The zero-order chi connectivity index (χ0) is 18.7. The molecule has 0 unspecified atom stereocenters. The van der Waals surface area contributed by atoms with Crippen LogP contribution in [0.1, 0.15) is 5.56 Å². The normalized spacial score (nSPS) is 11.2. The van der Waals surface area contributed by atoms with E-state index in [-0.39, 0.29) is 10.6 Å². The van der Waals surface area contributed by atoms with Crippen LogP contribution in [0.3, 0.4) is 0 Å². The van der Waals surface area contributed by atoms with E-state index < -0.39 is 21.7 Å². The first-order chi connectivity index (χ1) is 12.3. The highest BCUT2D eigenvalue weighted by atomic mass is 32.2. The van der Waals surface area contributed by atoms with E-state index in [1.54, 1.807) is 12.1 Å². The number of nitrogens with zero attached hydrogens (tertiary/aromatic N) is 1. The molecule has 0 amide bonds. The molecule has 8 heteroatoms. The smallest absolute Gasteiger partial charge is 0.261 e. The quantitative estimate of drug-likeness (QED) is 0.701. The van der Waals surface area contributed by atoms with Gasteiger partial charge in [0.1, 0.15) is 5.82 Å². The SMILES string of the molecule is Cc1ccc(S(=O)(=O)Nc2ccc(Nc3ccc(F)c(F)c3)nc2)cc1. The topological polar surface area (TPSA) is 71.1 Å². The summed E-state index contributed by atoms with van der Waals surface area (Å²) in [5.41, 5.74) is 1.56. The molecule has 0 spiro atoms. The van der Waals surface area contributed by atoms with E-state index in [0.717, 1.165) is 17.7 Å². The summed E-state index contributed by atoms with van der Waals surface area (Å²) >= 11 is 0. The van der Waals surface area contributed by atoms with Gasteiger partial charge in [0.15, 0.2) is 11.6 Å². The Morgan fingerprint density at radius 1 is 0.885 bits per heavy atom. The molecule has 0 fully saturated rings. The summed E-state index contributed by atoms with van der Waals surface area (Å²) in [4.78, 5) is 4.21. The number of aromatic nitrogens is 1. The van der Waals surface area contributed by atoms with Crippen molar-refractivity contribution in [1.82, 2.24) is 4.98 Å². The van der Waals surface area contributed by atoms with E-state index in [1.807, 2.05) is 6.92 Å². The molecule has 0 saturated heterocycles. The molecule has 0 bridgehead atoms. The first kappa shape index (κ1) is 17.8. The molecule has 1 aromatic heterocycles. The molecule has 2 N–H and O–H groups in total. The lowest BCUT2D eigenvalue weighted by Crippen LogP contribution is -2.13. The van der Waals surface area contributed by atoms with Crippen LogP contribution >= 0.6 is 0 Å². The second-order valence-corrected chi connectivity index (χ2v) is 7.29. The van der Waals surface area contributed by atoms with Crippen molar-refractivity contribution in [2.24, 2.45) is 0 Å². The molecule has 0 aliphatic heterocycles. The molecule has 26 heavy (non-hydrogen) atoms. The monoisotopic (exact) mass is 375 g/mol. The number of rotatable bonds is 5. The zero-order valence-corrected chi connectivity index (χ0v) is 14.5. The molecular weight excluding hydrogens is 360 g/mol. The number of sulfonamides is 1. The molecular formula is C18H15F2N3O2S. The summed E-state index contributed by atoms with van der Waals surface area (Å²) in [5, 5.41) is 2.80. The van der Waals surface area contributed by atoms with Crippen LogP contribution in [0, 0.1) is 18.6 Å². The standard InChI is InChI=1S/C18H15F2N3O2S/c1-12-2-6-15(7-3-12)26(24,25)23-14-5-9-18(21-11-14)22-13-4-8-16(19)17(20)10-13/h2-11,23H,1H3,(H,21,22). The number of pyridine rings is 1. The van der Waals surface area contributed by atoms with Gasteiger partial charge in [0, 0.05) is 11.8 Å². The molecule has 0 atom stereocenters. The van der Waals surface area contributed by atoms with Crippen LogP contribution in [-0.2, 0) is 10.0 Å². The Labute approximate surface area is 149 Å². The van der Waals surface area contributed by atoms with E-state index in [1.165, 1.54) is 36.5 Å². The highest BCUT2D eigenvalue weighted by Crippen LogP contribution is 2.20. The van der Waals surface area contributed by atoms with Crippen molar-refractivity contribution < 1.29 is 17.2 Å². The average molecular weight is 375 g/mol. The van der Waals surface area contributed by atoms with Gasteiger partial charge in [-0.1, -0.05) is 17.7 Å². The molecule has 3 aromatic rings. The summed E-state index contributed by atoms with van der Waals surface area (Å²) in [5.74, 6) is -1.56. The number of halogens is 2. The minimum absolute atomic E-state index is 0.145. The van der Waals surface area contributed by atoms with Crippen molar-refractivity contribution in [2.45, 2.75) is 11.8 Å². The predicted molar refractivity (Wildman–Crippen MR) is 95.9 cm³/mol. The minimum Gasteiger partial charge on any atom is -0.340 e. The molecule has 3 rings (SSSR count).